The van der Waals surface area contributed by atoms with Gasteiger partial charge in [0, 0.05) is 18.2 Å². The van der Waals surface area contributed by atoms with E-state index in [1.54, 1.807) is 0 Å². The summed E-state index contributed by atoms with van der Waals surface area (Å²) in [5.41, 5.74) is 0. The van der Waals surface area contributed by atoms with Gasteiger partial charge in [-0.1, -0.05) is 17.7 Å². The predicted molar refractivity (Wildman–Crippen MR) is 44.3 cm³/mol. The Morgan fingerprint density at radius 3 is 2.55 bits per heavy atom. The molecule has 64 valence electrons. The molecule has 0 radical (unpaired) electrons. The van der Waals surface area contributed by atoms with Crippen LogP contribution in [-0.4, -0.2) is 23.4 Å². The number of hydrogen-bond donors (Lipinski definition) is 2. The SMILES string of the molecule is OC[C@@H]1CC(Cl)=CC[C@@H]1CO. The average molecular weight is 177 g/mol. The minimum absolute atomic E-state index is 0.120. The molecule has 0 saturated heterocycles. The van der Waals surface area contributed by atoms with Crippen LogP contribution >= 0.6 is 11.6 Å². The highest BCUT2D eigenvalue weighted by atomic mass is 35.5. The van der Waals surface area contributed by atoms with E-state index < -0.39 is 0 Å². The Balaban J connectivity index is 2.55. The fraction of sp³-hybridized carbons (Fsp3) is 0.750. The summed E-state index contributed by atoms with van der Waals surface area (Å²) < 4.78 is 0. The Kier molecular flexibility index (Phi) is 3.37. The van der Waals surface area contributed by atoms with Crippen molar-refractivity contribution in [3.05, 3.63) is 11.1 Å². The Morgan fingerprint density at radius 1 is 1.36 bits per heavy atom. The Labute approximate surface area is 71.5 Å². The van der Waals surface area contributed by atoms with Crippen molar-refractivity contribution in [3.63, 3.8) is 0 Å². The number of hydrogen-bond acceptors (Lipinski definition) is 2. The largest absolute Gasteiger partial charge is 0.396 e. The molecule has 2 atom stereocenters. The molecule has 1 aliphatic rings. The van der Waals surface area contributed by atoms with E-state index in [2.05, 4.69) is 0 Å². The molecule has 11 heavy (non-hydrogen) atoms. The van der Waals surface area contributed by atoms with Crippen LogP contribution < -0.4 is 0 Å². The average Bonchev–Trinajstić information content (AvgIpc) is 2.04. The van der Waals surface area contributed by atoms with Crippen molar-refractivity contribution in [2.75, 3.05) is 13.2 Å². The van der Waals surface area contributed by atoms with Crippen molar-refractivity contribution in [1.29, 1.82) is 0 Å². The molecule has 0 aromatic carbocycles. The summed E-state index contributed by atoms with van der Waals surface area (Å²) in [4.78, 5) is 0. The van der Waals surface area contributed by atoms with Gasteiger partial charge in [0.2, 0.25) is 0 Å². The predicted octanol–water partition coefficient (Wildman–Crippen LogP) is 1.12. The lowest BCUT2D eigenvalue weighted by Crippen LogP contribution is -2.24. The molecule has 0 spiro atoms. The zero-order chi connectivity index (χ0) is 8.27. The van der Waals surface area contributed by atoms with Crippen LogP contribution in [0.1, 0.15) is 12.8 Å². The first-order valence-corrected chi connectivity index (χ1v) is 4.22. The minimum atomic E-state index is 0.120. The second-order valence-corrected chi connectivity index (χ2v) is 3.46. The van der Waals surface area contributed by atoms with Crippen molar-refractivity contribution >= 4 is 11.6 Å². The topological polar surface area (TPSA) is 40.5 Å². The first-order chi connectivity index (χ1) is 5.27. The molecular formula is C8H13ClO2. The molecule has 0 aromatic heterocycles. The lowest BCUT2D eigenvalue weighted by atomic mass is 9.84. The summed E-state index contributed by atoms with van der Waals surface area (Å²) in [5, 5.41) is 18.6. The fourth-order valence-electron chi connectivity index (χ4n) is 1.41. The Bertz CT molecular complexity index is 156. The Morgan fingerprint density at radius 2 is 2.00 bits per heavy atom. The maximum atomic E-state index is 8.91. The highest BCUT2D eigenvalue weighted by Crippen LogP contribution is 2.30. The van der Waals surface area contributed by atoms with E-state index in [1.165, 1.54) is 0 Å². The van der Waals surface area contributed by atoms with Gasteiger partial charge in [0.1, 0.15) is 0 Å². The molecule has 2 nitrogen and oxygen atoms in total. The molecule has 0 aromatic rings. The molecular weight excluding hydrogens is 164 g/mol. The van der Waals surface area contributed by atoms with Crippen LogP contribution in [0.4, 0.5) is 0 Å². The summed E-state index contributed by atoms with van der Waals surface area (Å²) in [6.45, 7) is 0.265. The lowest BCUT2D eigenvalue weighted by Gasteiger charge is -2.26. The minimum Gasteiger partial charge on any atom is -0.396 e. The number of allylic oxidation sites excluding steroid dienone is 2. The summed E-state index contributed by atoms with van der Waals surface area (Å²) in [7, 11) is 0. The third kappa shape index (κ3) is 2.19. The maximum Gasteiger partial charge on any atom is 0.0466 e. The van der Waals surface area contributed by atoms with Crippen molar-refractivity contribution in [3.8, 4) is 0 Å². The third-order valence-electron chi connectivity index (χ3n) is 2.23. The van der Waals surface area contributed by atoms with Gasteiger partial charge in [0.05, 0.1) is 0 Å². The third-order valence-corrected chi connectivity index (χ3v) is 2.54. The van der Waals surface area contributed by atoms with Gasteiger partial charge in [0.25, 0.3) is 0 Å². The van der Waals surface area contributed by atoms with E-state index >= 15 is 0 Å². The first kappa shape index (κ1) is 9.04. The van der Waals surface area contributed by atoms with Gasteiger partial charge in [-0.2, -0.15) is 0 Å². The summed E-state index contributed by atoms with van der Waals surface area (Å²) in [5.74, 6) is 0.347. The van der Waals surface area contributed by atoms with Crippen LogP contribution in [0.15, 0.2) is 11.1 Å². The molecule has 0 amide bonds. The number of rotatable bonds is 2. The molecule has 0 unspecified atom stereocenters. The van der Waals surface area contributed by atoms with Crippen molar-refractivity contribution in [1.82, 2.24) is 0 Å². The van der Waals surface area contributed by atoms with E-state index in [1.807, 2.05) is 6.08 Å². The normalized spacial score (nSPS) is 31.7. The van der Waals surface area contributed by atoms with E-state index in [4.69, 9.17) is 21.8 Å². The standard InChI is InChI=1S/C8H13ClO2/c9-8-2-1-6(4-10)7(3-8)5-11/h2,6-7,10-11H,1,3-5H2/t6-,7+/m1/s1. The van der Waals surface area contributed by atoms with Crippen LogP contribution in [0.3, 0.4) is 0 Å². The molecule has 1 aliphatic carbocycles. The fourth-order valence-corrected chi connectivity index (χ4v) is 1.70. The quantitative estimate of drug-likeness (QED) is 0.662. The summed E-state index contributed by atoms with van der Waals surface area (Å²) >= 11 is 5.78. The van der Waals surface area contributed by atoms with E-state index in [0.29, 0.717) is 6.42 Å². The van der Waals surface area contributed by atoms with E-state index in [0.717, 1.165) is 11.5 Å². The van der Waals surface area contributed by atoms with Crippen LogP contribution in [0.5, 0.6) is 0 Å². The first-order valence-electron chi connectivity index (χ1n) is 3.84. The number of aliphatic hydroxyl groups is 2. The van der Waals surface area contributed by atoms with Gasteiger partial charge in [0.15, 0.2) is 0 Å². The van der Waals surface area contributed by atoms with E-state index in [9.17, 15) is 0 Å². The second-order valence-electron chi connectivity index (χ2n) is 2.98. The van der Waals surface area contributed by atoms with Crippen LogP contribution in [0, 0.1) is 11.8 Å². The lowest BCUT2D eigenvalue weighted by molar-refractivity contribution is 0.117. The highest BCUT2D eigenvalue weighted by Gasteiger charge is 2.23. The van der Waals surface area contributed by atoms with Crippen LogP contribution in [0.25, 0.3) is 0 Å². The van der Waals surface area contributed by atoms with E-state index in [-0.39, 0.29) is 25.0 Å². The smallest absolute Gasteiger partial charge is 0.0466 e. The molecule has 1 rings (SSSR count). The molecule has 0 saturated carbocycles. The number of halogens is 1. The van der Waals surface area contributed by atoms with Gasteiger partial charge in [-0.05, 0) is 24.7 Å². The summed E-state index contributed by atoms with van der Waals surface area (Å²) in [6, 6.07) is 0. The number of aliphatic hydroxyl groups excluding tert-OH is 2. The van der Waals surface area contributed by atoms with Gasteiger partial charge in [-0.25, -0.2) is 0 Å². The summed E-state index contributed by atoms with van der Waals surface area (Å²) in [6.07, 6.45) is 3.43. The zero-order valence-electron chi connectivity index (χ0n) is 6.33. The molecule has 0 aliphatic heterocycles. The van der Waals surface area contributed by atoms with Crippen molar-refractivity contribution in [2.24, 2.45) is 11.8 Å². The monoisotopic (exact) mass is 176 g/mol. The molecule has 0 bridgehead atoms. The van der Waals surface area contributed by atoms with Gasteiger partial charge < -0.3 is 10.2 Å². The van der Waals surface area contributed by atoms with Crippen LogP contribution in [0.2, 0.25) is 0 Å². The zero-order valence-corrected chi connectivity index (χ0v) is 7.09. The second kappa shape index (κ2) is 4.10. The Hall–Kier alpha value is -0.0500. The molecule has 0 fully saturated rings. The van der Waals surface area contributed by atoms with Crippen molar-refractivity contribution < 1.29 is 10.2 Å². The molecule has 2 N–H and O–H groups in total. The van der Waals surface area contributed by atoms with Gasteiger partial charge >= 0.3 is 0 Å². The molecule has 3 heteroatoms. The van der Waals surface area contributed by atoms with Gasteiger partial charge in [-0.15, -0.1) is 0 Å². The van der Waals surface area contributed by atoms with Crippen molar-refractivity contribution in [2.45, 2.75) is 12.8 Å². The maximum absolute atomic E-state index is 8.91. The van der Waals surface area contributed by atoms with Gasteiger partial charge in [-0.3, -0.25) is 0 Å². The van der Waals surface area contributed by atoms with Crippen LogP contribution in [-0.2, 0) is 0 Å². The molecule has 0 heterocycles. The highest BCUT2D eigenvalue weighted by molar-refractivity contribution is 6.29.